The zero-order valence-corrected chi connectivity index (χ0v) is 15.6. The topological polar surface area (TPSA) is 84.9 Å². The maximum atomic E-state index is 12.4. The van der Waals surface area contributed by atoms with Crippen molar-refractivity contribution >= 4 is 11.9 Å². The van der Waals surface area contributed by atoms with Crippen molar-refractivity contribution in [3.8, 4) is 5.75 Å². The molecule has 1 amide bonds. The summed E-state index contributed by atoms with van der Waals surface area (Å²) >= 11 is 0. The standard InChI is InChI=1S/C20H29NO5/c1-3-26-18-6-4-15(5-7-18)12-17(20(23)24)13-21-19(22)14(2)16-8-10-25-11-9-16/h4-7,14,16-17H,3,8-13H2,1-2H3,(H,21,22)(H,23,24). The van der Waals surface area contributed by atoms with E-state index in [0.29, 0.717) is 32.2 Å². The molecule has 1 aromatic carbocycles. The van der Waals surface area contributed by atoms with E-state index in [-0.39, 0.29) is 18.4 Å². The zero-order valence-electron chi connectivity index (χ0n) is 15.6. The van der Waals surface area contributed by atoms with Gasteiger partial charge in [-0.1, -0.05) is 19.1 Å². The van der Waals surface area contributed by atoms with E-state index in [1.807, 2.05) is 38.1 Å². The molecule has 2 N–H and O–H groups in total. The Morgan fingerprint density at radius 2 is 1.92 bits per heavy atom. The van der Waals surface area contributed by atoms with Gasteiger partial charge in [0.15, 0.2) is 0 Å². The molecule has 1 fully saturated rings. The number of ether oxygens (including phenoxy) is 2. The van der Waals surface area contributed by atoms with Crippen molar-refractivity contribution in [1.29, 1.82) is 0 Å². The number of rotatable bonds is 9. The second kappa shape index (κ2) is 10.2. The summed E-state index contributed by atoms with van der Waals surface area (Å²) in [4.78, 5) is 23.9. The van der Waals surface area contributed by atoms with Gasteiger partial charge in [-0.15, -0.1) is 0 Å². The van der Waals surface area contributed by atoms with Gasteiger partial charge >= 0.3 is 5.97 Å². The molecule has 0 aliphatic carbocycles. The van der Waals surface area contributed by atoms with Crippen LogP contribution in [0.5, 0.6) is 5.75 Å². The van der Waals surface area contributed by atoms with E-state index < -0.39 is 11.9 Å². The molecule has 0 saturated carbocycles. The van der Waals surface area contributed by atoms with Gasteiger partial charge in [0.1, 0.15) is 5.75 Å². The summed E-state index contributed by atoms with van der Waals surface area (Å²) in [6.07, 6.45) is 2.12. The average molecular weight is 363 g/mol. The van der Waals surface area contributed by atoms with Crippen molar-refractivity contribution in [3.63, 3.8) is 0 Å². The summed E-state index contributed by atoms with van der Waals surface area (Å²) < 4.78 is 10.7. The molecular formula is C20H29NO5. The first-order chi connectivity index (χ1) is 12.5. The highest BCUT2D eigenvalue weighted by molar-refractivity contribution is 5.79. The fraction of sp³-hybridized carbons (Fsp3) is 0.600. The van der Waals surface area contributed by atoms with Crippen molar-refractivity contribution in [2.75, 3.05) is 26.4 Å². The van der Waals surface area contributed by atoms with E-state index in [1.165, 1.54) is 0 Å². The monoisotopic (exact) mass is 363 g/mol. The number of nitrogens with one attached hydrogen (secondary N) is 1. The van der Waals surface area contributed by atoms with E-state index in [0.717, 1.165) is 24.2 Å². The molecule has 26 heavy (non-hydrogen) atoms. The largest absolute Gasteiger partial charge is 0.494 e. The van der Waals surface area contributed by atoms with E-state index in [2.05, 4.69) is 5.32 Å². The molecule has 1 aliphatic rings. The Morgan fingerprint density at radius 3 is 2.50 bits per heavy atom. The van der Waals surface area contributed by atoms with Crippen LogP contribution in [0, 0.1) is 17.8 Å². The summed E-state index contributed by atoms with van der Waals surface area (Å²) in [5, 5.41) is 12.3. The minimum atomic E-state index is -0.905. The predicted octanol–water partition coefficient (Wildman–Crippen LogP) is 2.51. The first-order valence-corrected chi connectivity index (χ1v) is 9.31. The lowest BCUT2D eigenvalue weighted by molar-refractivity contribution is -0.141. The van der Waals surface area contributed by atoms with Crippen molar-refractivity contribution in [2.45, 2.75) is 33.1 Å². The number of carbonyl (C=O) groups is 2. The van der Waals surface area contributed by atoms with Gasteiger partial charge in [-0.05, 0) is 49.8 Å². The van der Waals surface area contributed by atoms with Crippen molar-refractivity contribution in [2.24, 2.45) is 17.8 Å². The van der Waals surface area contributed by atoms with Crippen LogP contribution in [0.15, 0.2) is 24.3 Å². The van der Waals surface area contributed by atoms with Crippen LogP contribution in [0.2, 0.25) is 0 Å². The molecule has 1 heterocycles. The number of benzene rings is 1. The summed E-state index contributed by atoms with van der Waals surface area (Å²) in [5.41, 5.74) is 0.910. The molecule has 0 radical (unpaired) electrons. The van der Waals surface area contributed by atoms with Crippen LogP contribution in [-0.2, 0) is 20.7 Å². The average Bonchev–Trinajstić information content (AvgIpc) is 2.66. The Balaban J connectivity index is 1.87. The molecule has 1 saturated heterocycles. The molecule has 0 aromatic heterocycles. The van der Waals surface area contributed by atoms with Gasteiger partial charge in [0.05, 0.1) is 12.5 Å². The van der Waals surface area contributed by atoms with E-state index in [1.54, 1.807) is 0 Å². The minimum Gasteiger partial charge on any atom is -0.494 e. The quantitative estimate of drug-likeness (QED) is 0.704. The Labute approximate surface area is 154 Å². The summed E-state index contributed by atoms with van der Waals surface area (Å²) in [5.74, 6) is -0.690. The van der Waals surface area contributed by atoms with Crippen LogP contribution in [0.25, 0.3) is 0 Å². The van der Waals surface area contributed by atoms with Gasteiger partial charge in [0, 0.05) is 25.7 Å². The van der Waals surface area contributed by atoms with Gasteiger partial charge in [-0.2, -0.15) is 0 Å². The lowest BCUT2D eigenvalue weighted by atomic mass is 9.86. The van der Waals surface area contributed by atoms with Gasteiger partial charge in [-0.25, -0.2) is 0 Å². The highest BCUT2D eigenvalue weighted by Crippen LogP contribution is 2.23. The van der Waals surface area contributed by atoms with Crippen LogP contribution >= 0.6 is 0 Å². The van der Waals surface area contributed by atoms with E-state index in [9.17, 15) is 14.7 Å². The van der Waals surface area contributed by atoms with E-state index >= 15 is 0 Å². The van der Waals surface area contributed by atoms with Crippen LogP contribution in [0.4, 0.5) is 0 Å². The number of hydrogen-bond donors (Lipinski definition) is 2. The Hall–Kier alpha value is -2.08. The number of carboxylic acids is 1. The van der Waals surface area contributed by atoms with Crippen LogP contribution in [0.1, 0.15) is 32.3 Å². The fourth-order valence-corrected chi connectivity index (χ4v) is 3.23. The van der Waals surface area contributed by atoms with Gasteiger partial charge in [-0.3, -0.25) is 9.59 Å². The first-order valence-electron chi connectivity index (χ1n) is 9.31. The smallest absolute Gasteiger partial charge is 0.308 e. The normalized spacial score (nSPS) is 17.3. The molecule has 0 spiro atoms. The summed E-state index contributed by atoms with van der Waals surface area (Å²) in [7, 11) is 0. The van der Waals surface area contributed by atoms with Gasteiger partial charge in [0.2, 0.25) is 5.91 Å². The predicted molar refractivity (Wildman–Crippen MR) is 98.2 cm³/mol. The minimum absolute atomic E-state index is 0.0742. The lowest BCUT2D eigenvalue weighted by Crippen LogP contribution is -2.40. The third kappa shape index (κ3) is 6.02. The summed E-state index contributed by atoms with van der Waals surface area (Å²) in [6.45, 7) is 5.94. The molecule has 2 unspecified atom stereocenters. The number of carbonyl (C=O) groups excluding carboxylic acids is 1. The second-order valence-electron chi connectivity index (χ2n) is 6.80. The SMILES string of the molecule is CCOc1ccc(CC(CNC(=O)C(C)C2CCOCC2)C(=O)O)cc1. The van der Waals surface area contributed by atoms with Crippen molar-refractivity contribution < 1.29 is 24.2 Å². The molecule has 6 heteroatoms. The molecule has 144 valence electrons. The Bertz CT molecular complexity index is 580. The highest BCUT2D eigenvalue weighted by atomic mass is 16.5. The molecule has 2 atom stereocenters. The number of aliphatic carboxylic acids is 1. The zero-order chi connectivity index (χ0) is 18.9. The van der Waals surface area contributed by atoms with Gasteiger partial charge < -0.3 is 19.9 Å². The Morgan fingerprint density at radius 1 is 1.27 bits per heavy atom. The molecule has 6 nitrogen and oxygen atoms in total. The molecule has 1 aliphatic heterocycles. The van der Waals surface area contributed by atoms with Crippen LogP contribution in [-0.4, -0.2) is 43.3 Å². The van der Waals surface area contributed by atoms with E-state index in [4.69, 9.17) is 9.47 Å². The van der Waals surface area contributed by atoms with Crippen LogP contribution < -0.4 is 10.1 Å². The molecular weight excluding hydrogens is 334 g/mol. The third-order valence-electron chi connectivity index (χ3n) is 4.98. The van der Waals surface area contributed by atoms with Gasteiger partial charge in [0.25, 0.3) is 0 Å². The maximum absolute atomic E-state index is 12.4. The van der Waals surface area contributed by atoms with Crippen molar-refractivity contribution in [1.82, 2.24) is 5.32 Å². The first kappa shape index (κ1) is 20.2. The lowest BCUT2D eigenvalue weighted by Gasteiger charge is -2.27. The maximum Gasteiger partial charge on any atom is 0.308 e. The fourth-order valence-electron chi connectivity index (χ4n) is 3.23. The second-order valence-corrected chi connectivity index (χ2v) is 6.80. The molecule has 1 aromatic rings. The number of carboxylic acid groups (broad SMARTS) is 1. The number of hydrogen-bond acceptors (Lipinski definition) is 4. The Kier molecular flexibility index (Phi) is 7.91. The highest BCUT2D eigenvalue weighted by Gasteiger charge is 2.27. The third-order valence-corrected chi connectivity index (χ3v) is 4.98. The number of amides is 1. The van der Waals surface area contributed by atoms with Crippen molar-refractivity contribution in [3.05, 3.63) is 29.8 Å². The summed E-state index contributed by atoms with van der Waals surface area (Å²) in [6, 6.07) is 7.41. The van der Waals surface area contributed by atoms with Crippen LogP contribution in [0.3, 0.4) is 0 Å². The molecule has 0 bridgehead atoms. The molecule has 2 rings (SSSR count).